The monoisotopic (exact) mass is 419 g/mol. The summed E-state index contributed by atoms with van der Waals surface area (Å²) in [4.78, 5) is 24.9. The van der Waals surface area contributed by atoms with Crippen LogP contribution in [0, 0.1) is 0 Å². The largest absolute Gasteiger partial charge is 0.482 e. The van der Waals surface area contributed by atoms with Gasteiger partial charge in [-0.05, 0) is 24.6 Å². The van der Waals surface area contributed by atoms with Gasteiger partial charge < -0.3 is 14.4 Å². The van der Waals surface area contributed by atoms with Crippen LogP contribution in [0.4, 0.5) is 0 Å². The highest BCUT2D eigenvalue weighted by molar-refractivity contribution is 9.10. The summed E-state index contributed by atoms with van der Waals surface area (Å²) in [6, 6.07) is 6.62. The van der Waals surface area contributed by atoms with Crippen LogP contribution in [-0.2, 0) is 24.2 Å². The van der Waals surface area contributed by atoms with E-state index >= 15 is 0 Å². The molecule has 24 heavy (non-hydrogen) atoms. The Morgan fingerprint density at radius 1 is 1.33 bits per heavy atom. The molecule has 0 spiro atoms. The molecule has 1 aromatic carbocycles. The number of hydrogen-bond donors (Lipinski definition) is 0. The maximum atomic E-state index is 12.0. The standard InChI is InChI=1S/C15H18BrNO6S/c1-17(12-5-6-24(20,21)10-12)14(18)8-23-15(19)9-22-13-4-2-3-11(16)7-13/h2-4,7,12H,5-6,8-10H2,1H3. The second-order valence-corrected chi connectivity index (χ2v) is 8.61. The number of carbonyl (C=O) groups is 2. The molecule has 1 saturated heterocycles. The molecule has 2 rings (SSSR count). The van der Waals surface area contributed by atoms with Crippen LogP contribution in [0.2, 0.25) is 0 Å². The lowest BCUT2D eigenvalue weighted by Crippen LogP contribution is -2.40. The van der Waals surface area contributed by atoms with E-state index in [1.54, 1.807) is 18.2 Å². The van der Waals surface area contributed by atoms with Crippen molar-refractivity contribution in [3.8, 4) is 5.75 Å². The first-order valence-corrected chi connectivity index (χ1v) is 9.88. The number of ether oxygens (including phenoxy) is 2. The van der Waals surface area contributed by atoms with Crippen molar-refractivity contribution in [1.82, 2.24) is 4.90 Å². The van der Waals surface area contributed by atoms with Gasteiger partial charge in [0.15, 0.2) is 23.1 Å². The number of sulfone groups is 1. The van der Waals surface area contributed by atoms with E-state index in [0.717, 1.165) is 4.47 Å². The van der Waals surface area contributed by atoms with Gasteiger partial charge in [-0.25, -0.2) is 13.2 Å². The molecule has 7 nitrogen and oxygen atoms in total. The lowest BCUT2D eigenvalue weighted by molar-refractivity contribution is -0.153. The first-order valence-electron chi connectivity index (χ1n) is 7.27. The van der Waals surface area contributed by atoms with E-state index in [2.05, 4.69) is 15.9 Å². The Morgan fingerprint density at radius 2 is 2.08 bits per heavy atom. The van der Waals surface area contributed by atoms with E-state index in [9.17, 15) is 18.0 Å². The Morgan fingerprint density at radius 3 is 2.71 bits per heavy atom. The Bertz CT molecular complexity index is 720. The van der Waals surface area contributed by atoms with Gasteiger partial charge in [0.05, 0.1) is 11.5 Å². The van der Waals surface area contributed by atoms with Gasteiger partial charge in [0.25, 0.3) is 5.91 Å². The third-order valence-electron chi connectivity index (χ3n) is 3.66. The second-order valence-electron chi connectivity index (χ2n) is 5.47. The molecular formula is C15H18BrNO6S. The third-order valence-corrected chi connectivity index (χ3v) is 5.90. The molecule has 132 valence electrons. The highest BCUT2D eigenvalue weighted by Gasteiger charge is 2.32. The molecule has 1 aliphatic heterocycles. The lowest BCUT2D eigenvalue weighted by atomic mass is 10.2. The number of carbonyl (C=O) groups excluding carboxylic acids is 2. The average molecular weight is 420 g/mol. The zero-order valence-electron chi connectivity index (χ0n) is 13.1. The lowest BCUT2D eigenvalue weighted by Gasteiger charge is -2.23. The first kappa shape index (κ1) is 18.7. The molecule has 1 atom stereocenters. The van der Waals surface area contributed by atoms with Crippen LogP contribution < -0.4 is 4.74 Å². The minimum absolute atomic E-state index is 0.0464. The minimum atomic E-state index is -3.07. The van der Waals surface area contributed by atoms with E-state index in [1.807, 2.05) is 6.07 Å². The predicted molar refractivity (Wildman–Crippen MR) is 90.4 cm³/mol. The number of nitrogens with zero attached hydrogens (tertiary/aromatic N) is 1. The SMILES string of the molecule is CN(C(=O)COC(=O)COc1cccc(Br)c1)C1CCS(=O)(=O)C1. The van der Waals surface area contributed by atoms with Crippen molar-refractivity contribution < 1.29 is 27.5 Å². The number of benzene rings is 1. The summed E-state index contributed by atoms with van der Waals surface area (Å²) >= 11 is 3.29. The molecule has 9 heteroatoms. The van der Waals surface area contributed by atoms with Crippen LogP contribution in [0.1, 0.15) is 6.42 Å². The van der Waals surface area contributed by atoms with Gasteiger partial charge in [0, 0.05) is 17.6 Å². The Kier molecular flexibility index (Phi) is 6.22. The van der Waals surface area contributed by atoms with Crippen molar-refractivity contribution >= 4 is 37.6 Å². The van der Waals surface area contributed by atoms with Crippen molar-refractivity contribution in [2.45, 2.75) is 12.5 Å². The number of likely N-dealkylation sites (N-methyl/N-ethyl adjacent to an activating group) is 1. The molecule has 0 N–H and O–H groups in total. The molecule has 1 amide bonds. The highest BCUT2D eigenvalue weighted by atomic mass is 79.9. The van der Waals surface area contributed by atoms with Crippen molar-refractivity contribution in [3.05, 3.63) is 28.7 Å². The van der Waals surface area contributed by atoms with Gasteiger partial charge in [0.1, 0.15) is 5.75 Å². The second kappa shape index (κ2) is 7.98. The normalized spacial score (nSPS) is 18.8. The number of halogens is 1. The molecule has 1 aromatic rings. The van der Waals surface area contributed by atoms with E-state index in [4.69, 9.17) is 9.47 Å². The molecule has 1 unspecified atom stereocenters. The maximum absolute atomic E-state index is 12.0. The number of esters is 1. The molecular weight excluding hydrogens is 402 g/mol. The van der Waals surface area contributed by atoms with Gasteiger partial charge in [-0.3, -0.25) is 4.79 Å². The van der Waals surface area contributed by atoms with Crippen LogP contribution in [0.3, 0.4) is 0 Å². The summed E-state index contributed by atoms with van der Waals surface area (Å²) in [5, 5.41) is 0. The molecule has 0 radical (unpaired) electrons. The Hall–Kier alpha value is -1.61. The third kappa shape index (κ3) is 5.48. The van der Waals surface area contributed by atoms with Crippen molar-refractivity contribution in [3.63, 3.8) is 0 Å². The van der Waals surface area contributed by atoms with Crippen molar-refractivity contribution in [2.24, 2.45) is 0 Å². The highest BCUT2D eigenvalue weighted by Crippen LogP contribution is 2.18. The fraction of sp³-hybridized carbons (Fsp3) is 0.467. The molecule has 0 aromatic heterocycles. The van der Waals surface area contributed by atoms with E-state index in [-0.39, 0.29) is 24.2 Å². The number of hydrogen-bond acceptors (Lipinski definition) is 6. The maximum Gasteiger partial charge on any atom is 0.344 e. The Labute approximate surface area is 149 Å². The van der Waals surface area contributed by atoms with E-state index in [0.29, 0.717) is 12.2 Å². The van der Waals surface area contributed by atoms with Gasteiger partial charge in [0.2, 0.25) is 0 Å². The summed E-state index contributed by atoms with van der Waals surface area (Å²) in [6.07, 6.45) is 0.407. The van der Waals surface area contributed by atoms with Gasteiger partial charge >= 0.3 is 5.97 Å². The summed E-state index contributed by atoms with van der Waals surface area (Å²) in [5.41, 5.74) is 0. The van der Waals surface area contributed by atoms with Crippen LogP contribution in [-0.4, -0.2) is 63.0 Å². The summed E-state index contributed by atoms with van der Waals surface area (Å²) in [6.45, 7) is -0.751. The van der Waals surface area contributed by atoms with Crippen molar-refractivity contribution in [2.75, 3.05) is 31.8 Å². The Balaban J connectivity index is 1.74. The van der Waals surface area contributed by atoms with Gasteiger partial charge in [-0.1, -0.05) is 22.0 Å². The zero-order chi connectivity index (χ0) is 17.7. The predicted octanol–water partition coefficient (Wildman–Crippen LogP) is 1.02. The number of rotatable bonds is 6. The summed E-state index contributed by atoms with van der Waals surface area (Å²) in [7, 11) is -1.56. The van der Waals surface area contributed by atoms with E-state index < -0.39 is 28.3 Å². The molecule has 1 heterocycles. The fourth-order valence-corrected chi connectivity index (χ4v) is 4.42. The minimum Gasteiger partial charge on any atom is -0.482 e. The summed E-state index contributed by atoms with van der Waals surface area (Å²) < 4.78 is 33.8. The topological polar surface area (TPSA) is 90.0 Å². The molecule has 0 bridgehead atoms. The number of amides is 1. The summed E-state index contributed by atoms with van der Waals surface area (Å²) in [5.74, 6) is -0.574. The van der Waals surface area contributed by atoms with Gasteiger partial charge in [-0.15, -0.1) is 0 Å². The smallest absolute Gasteiger partial charge is 0.344 e. The van der Waals surface area contributed by atoms with E-state index in [1.165, 1.54) is 11.9 Å². The zero-order valence-corrected chi connectivity index (χ0v) is 15.5. The molecule has 0 aliphatic carbocycles. The van der Waals surface area contributed by atoms with Crippen LogP contribution >= 0.6 is 15.9 Å². The van der Waals surface area contributed by atoms with Crippen LogP contribution in [0.15, 0.2) is 28.7 Å². The van der Waals surface area contributed by atoms with Crippen LogP contribution in [0.25, 0.3) is 0 Å². The molecule has 1 aliphatic rings. The van der Waals surface area contributed by atoms with Gasteiger partial charge in [-0.2, -0.15) is 0 Å². The van der Waals surface area contributed by atoms with Crippen molar-refractivity contribution in [1.29, 1.82) is 0 Å². The van der Waals surface area contributed by atoms with Crippen LogP contribution in [0.5, 0.6) is 5.75 Å². The fourth-order valence-electron chi connectivity index (χ4n) is 2.27. The first-order chi connectivity index (χ1) is 11.3. The molecule has 1 fully saturated rings. The molecule has 0 saturated carbocycles. The average Bonchev–Trinajstić information content (AvgIpc) is 2.90. The quantitative estimate of drug-likeness (QED) is 0.639.